The van der Waals surface area contributed by atoms with Gasteiger partial charge in [0.1, 0.15) is 5.75 Å². The third kappa shape index (κ3) is 6.40. The molecule has 0 bridgehead atoms. The lowest BCUT2D eigenvalue weighted by Crippen LogP contribution is -2.27. The van der Waals surface area contributed by atoms with Gasteiger partial charge in [-0.1, -0.05) is 26.2 Å². The molecule has 0 saturated heterocycles. The molecule has 1 aromatic carbocycles. The summed E-state index contributed by atoms with van der Waals surface area (Å²) in [6.45, 7) is 1.97. The standard InChI is InChI=1S/C20H29NO4/c1-3-4-5-15-6-8-16(9-7-15)20(23)25-14-19(22)21-17-10-12-18(24-2)13-11-17/h10-13,15-16H,3-9,14H2,1-2H3,(H,21,22). The largest absolute Gasteiger partial charge is 0.497 e. The van der Waals surface area contributed by atoms with E-state index in [2.05, 4.69) is 12.2 Å². The number of hydrogen-bond acceptors (Lipinski definition) is 4. The normalized spacial score (nSPS) is 19.9. The molecule has 25 heavy (non-hydrogen) atoms. The van der Waals surface area contributed by atoms with Crippen LogP contribution in [0.15, 0.2) is 24.3 Å². The van der Waals surface area contributed by atoms with E-state index in [9.17, 15) is 9.59 Å². The topological polar surface area (TPSA) is 64.6 Å². The first-order valence-corrected chi connectivity index (χ1v) is 9.23. The van der Waals surface area contributed by atoms with Gasteiger partial charge in [0.05, 0.1) is 13.0 Å². The maximum Gasteiger partial charge on any atom is 0.309 e. The van der Waals surface area contributed by atoms with Crippen LogP contribution < -0.4 is 10.1 Å². The first-order valence-electron chi connectivity index (χ1n) is 9.23. The van der Waals surface area contributed by atoms with E-state index in [1.807, 2.05) is 0 Å². The van der Waals surface area contributed by atoms with Crippen molar-refractivity contribution < 1.29 is 19.1 Å². The van der Waals surface area contributed by atoms with E-state index < -0.39 is 0 Å². The van der Waals surface area contributed by atoms with Gasteiger partial charge in [-0.2, -0.15) is 0 Å². The van der Waals surface area contributed by atoms with Crippen molar-refractivity contribution in [2.24, 2.45) is 11.8 Å². The summed E-state index contributed by atoms with van der Waals surface area (Å²) in [5.41, 5.74) is 0.651. The van der Waals surface area contributed by atoms with Gasteiger partial charge in [0.15, 0.2) is 6.61 Å². The zero-order chi connectivity index (χ0) is 18.1. The molecule has 0 atom stereocenters. The van der Waals surface area contributed by atoms with Crippen LogP contribution in [0.2, 0.25) is 0 Å². The second kappa shape index (κ2) is 10.1. The molecule has 1 fully saturated rings. The van der Waals surface area contributed by atoms with Crippen molar-refractivity contribution in [3.05, 3.63) is 24.3 Å². The summed E-state index contributed by atoms with van der Waals surface area (Å²) in [4.78, 5) is 24.0. The van der Waals surface area contributed by atoms with Gasteiger partial charge in [-0.3, -0.25) is 9.59 Å². The smallest absolute Gasteiger partial charge is 0.309 e. The summed E-state index contributed by atoms with van der Waals surface area (Å²) in [6, 6.07) is 7.02. The number of esters is 1. The van der Waals surface area contributed by atoms with E-state index in [4.69, 9.17) is 9.47 Å². The molecule has 1 N–H and O–H groups in total. The zero-order valence-corrected chi connectivity index (χ0v) is 15.3. The highest BCUT2D eigenvalue weighted by atomic mass is 16.5. The minimum absolute atomic E-state index is 0.0494. The van der Waals surface area contributed by atoms with Crippen LogP contribution in [0.4, 0.5) is 5.69 Å². The summed E-state index contributed by atoms with van der Waals surface area (Å²) < 4.78 is 10.3. The van der Waals surface area contributed by atoms with Crippen LogP contribution in [0.5, 0.6) is 5.75 Å². The number of ether oxygens (including phenoxy) is 2. The van der Waals surface area contributed by atoms with Crippen LogP contribution >= 0.6 is 0 Å². The average molecular weight is 347 g/mol. The second-order valence-electron chi connectivity index (χ2n) is 6.74. The number of hydrogen-bond donors (Lipinski definition) is 1. The SMILES string of the molecule is CCCCC1CCC(C(=O)OCC(=O)Nc2ccc(OC)cc2)CC1. The van der Waals surface area contributed by atoms with Gasteiger partial charge in [-0.25, -0.2) is 0 Å². The number of methoxy groups -OCH3 is 1. The molecule has 1 aliphatic carbocycles. The van der Waals surface area contributed by atoms with Crippen molar-refractivity contribution in [2.45, 2.75) is 51.9 Å². The quantitative estimate of drug-likeness (QED) is 0.717. The van der Waals surface area contributed by atoms with Crippen LogP contribution in [0.3, 0.4) is 0 Å². The summed E-state index contributed by atoms with van der Waals surface area (Å²) in [7, 11) is 1.59. The number of nitrogens with one attached hydrogen (secondary N) is 1. The number of amides is 1. The van der Waals surface area contributed by atoms with Crippen molar-refractivity contribution in [1.82, 2.24) is 0 Å². The Hall–Kier alpha value is -2.04. The molecular weight excluding hydrogens is 318 g/mol. The molecule has 0 heterocycles. The molecule has 138 valence electrons. The highest BCUT2D eigenvalue weighted by Gasteiger charge is 2.27. The van der Waals surface area contributed by atoms with Crippen LogP contribution in [0, 0.1) is 11.8 Å². The van der Waals surface area contributed by atoms with E-state index in [0.717, 1.165) is 37.4 Å². The Balaban J connectivity index is 1.68. The maximum absolute atomic E-state index is 12.1. The molecular formula is C20H29NO4. The molecule has 0 unspecified atom stereocenters. The summed E-state index contributed by atoms with van der Waals surface area (Å²) in [6.07, 6.45) is 7.72. The van der Waals surface area contributed by atoms with Crippen LogP contribution in [0.25, 0.3) is 0 Å². The van der Waals surface area contributed by atoms with Crippen LogP contribution in [-0.2, 0) is 14.3 Å². The molecule has 1 amide bonds. The van der Waals surface area contributed by atoms with Crippen molar-refractivity contribution >= 4 is 17.6 Å². The number of anilines is 1. The third-order valence-electron chi connectivity index (χ3n) is 4.87. The minimum atomic E-state index is -0.324. The van der Waals surface area contributed by atoms with Crippen LogP contribution in [0.1, 0.15) is 51.9 Å². The Morgan fingerprint density at radius 2 is 1.80 bits per heavy atom. The van der Waals surface area contributed by atoms with Gasteiger partial charge in [-0.15, -0.1) is 0 Å². The average Bonchev–Trinajstić information content (AvgIpc) is 2.65. The van der Waals surface area contributed by atoms with Crippen molar-refractivity contribution in [3.63, 3.8) is 0 Å². The van der Waals surface area contributed by atoms with E-state index in [1.54, 1.807) is 31.4 Å². The first kappa shape index (κ1) is 19.3. The predicted octanol–water partition coefficient (Wildman–Crippen LogP) is 4.17. The fourth-order valence-electron chi connectivity index (χ4n) is 3.31. The van der Waals surface area contributed by atoms with E-state index in [1.165, 1.54) is 19.3 Å². The first-order chi connectivity index (χ1) is 12.1. The lowest BCUT2D eigenvalue weighted by molar-refractivity contribution is -0.152. The molecule has 5 heteroatoms. The van der Waals surface area contributed by atoms with Gasteiger partial charge in [0, 0.05) is 5.69 Å². The van der Waals surface area contributed by atoms with Crippen LogP contribution in [-0.4, -0.2) is 25.6 Å². The van der Waals surface area contributed by atoms with Gasteiger partial charge in [0.2, 0.25) is 0 Å². The van der Waals surface area contributed by atoms with Crippen molar-refractivity contribution in [2.75, 3.05) is 19.0 Å². The fourth-order valence-corrected chi connectivity index (χ4v) is 3.31. The molecule has 0 aromatic heterocycles. The second-order valence-corrected chi connectivity index (χ2v) is 6.74. The number of carbonyl (C=O) groups is 2. The lowest BCUT2D eigenvalue weighted by Gasteiger charge is -2.27. The Labute approximate surface area is 150 Å². The summed E-state index contributed by atoms with van der Waals surface area (Å²) in [5.74, 6) is 0.863. The Morgan fingerprint density at radius 3 is 2.40 bits per heavy atom. The fraction of sp³-hybridized carbons (Fsp3) is 0.600. The molecule has 0 spiro atoms. The summed E-state index contributed by atoms with van der Waals surface area (Å²) >= 11 is 0. The number of carbonyl (C=O) groups excluding carboxylic acids is 2. The highest BCUT2D eigenvalue weighted by molar-refractivity contribution is 5.92. The van der Waals surface area contributed by atoms with E-state index in [-0.39, 0.29) is 24.4 Å². The third-order valence-corrected chi connectivity index (χ3v) is 4.87. The Morgan fingerprint density at radius 1 is 1.12 bits per heavy atom. The Bertz CT molecular complexity index is 547. The van der Waals surface area contributed by atoms with Crippen molar-refractivity contribution in [3.8, 4) is 5.75 Å². The molecule has 0 aliphatic heterocycles. The Kier molecular flexibility index (Phi) is 7.76. The number of rotatable bonds is 8. The molecule has 2 rings (SSSR count). The number of benzene rings is 1. The number of unbranched alkanes of at least 4 members (excludes halogenated alkanes) is 1. The van der Waals surface area contributed by atoms with Crippen molar-refractivity contribution in [1.29, 1.82) is 0 Å². The molecule has 1 saturated carbocycles. The molecule has 5 nitrogen and oxygen atoms in total. The lowest BCUT2D eigenvalue weighted by atomic mass is 9.80. The summed E-state index contributed by atoms with van der Waals surface area (Å²) in [5, 5.41) is 2.71. The minimum Gasteiger partial charge on any atom is -0.497 e. The highest BCUT2D eigenvalue weighted by Crippen LogP contribution is 2.32. The van der Waals surface area contributed by atoms with E-state index in [0.29, 0.717) is 5.69 Å². The monoisotopic (exact) mass is 347 g/mol. The van der Waals surface area contributed by atoms with Gasteiger partial charge in [0.25, 0.3) is 5.91 Å². The molecule has 1 aromatic rings. The predicted molar refractivity (Wildman–Crippen MR) is 97.6 cm³/mol. The molecule has 0 radical (unpaired) electrons. The van der Waals surface area contributed by atoms with Gasteiger partial charge in [-0.05, 0) is 55.9 Å². The van der Waals surface area contributed by atoms with E-state index >= 15 is 0 Å². The van der Waals surface area contributed by atoms with Gasteiger partial charge >= 0.3 is 5.97 Å². The van der Waals surface area contributed by atoms with Gasteiger partial charge < -0.3 is 14.8 Å². The molecule has 1 aliphatic rings. The maximum atomic E-state index is 12.1. The zero-order valence-electron chi connectivity index (χ0n) is 15.3.